The van der Waals surface area contributed by atoms with Crippen LogP contribution >= 0.6 is 0 Å². The second-order valence-corrected chi connectivity index (χ2v) is 4.67. The summed E-state index contributed by atoms with van der Waals surface area (Å²) < 4.78 is 15.8. The number of nitriles is 1. The first-order valence-electron chi connectivity index (χ1n) is 7.36. The Morgan fingerprint density at radius 2 is 2.17 bits per heavy atom. The lowest BCUT2D eigenvalue weighted by atomic mass is 10.1. The van der Waals surface area contributed by atoms with Gasteiger partial charge in [0, 0.05) is 0 Å². The summed E-state index contributed by atoms with van der Waals surface area (Å²) in [6.07, 6.45) is 4.85. The first kappa shape index (κ1) is 18.3. The van der Waals surface area contributed by atoms with Crippen LogP contribution in [0.4, 0.5) is 0 Å². The van der Waals surface area contributed by atoms with Gasteiger partial charge in [-0.15, -0.1) is 0 Å². The largest absolute Gasteiger partial charge is 0.493 e. The molecule has 0 radical (unpaired) electrons. The van der Waals surface area contributed by atoms with Gasteiger partial charge in [0.25, 0.3) is 0 Å². The minimum atomic E-state index is -0.684. The Balaban J connectivity index is 2.99. The smallest absolute Gasteiger partial charge is 0.349 e. The van der Waals surface area contributed by atoms with Gasteiger partial charge in [-0.3, -0.25) is 0 Å². The third kappa shape index (κ3) is 5.87. The number of hydrogen-bond acceptors (Lipinski definition) is 5. The van der Waals surface area contributed by atoms with Gasteiger partial charge >= 0.3 is 5.97 Å². The van der Waals surface area contributed by atoms with E-state index in [4.69, 9.17) is 19.5 Å². The quantitative estimate of drug-likeness (QED) is 0.229. The average molecular weight is 315 g/mol. The van der Waals surface area contributed by atoms with Crippen molar-refractivity contribution < 1.29 is 19.0 Å². The SMILES string of the molecule is C=CCOC(=O)C(C#N)=Cc1ccc(OC)c(OCCCC)c1. The molecule has 0 aliphatic carbocycles. The fraction of sp³-hybridized carbons (Fsp3) is 0.333. The van der Waals surface area contributed by atoms with Crippen molar-refractivity contribution in [1.82, 2.24) is 0 Å². The topological polar surface area (TPSA) is 68.6 Å². The van der Waals surface area contributed by atoms with Crippen molar-refractivity contribution in [2.45, 2.75) is 19.8 Å². The lowest BCUT2D eigenvalue weighted by Crippen LogP contribution is -2.06. The molecule has 0 aliphatic rings. The van der Waals surface area contributed by atoms with Crippen LogP contribution < -0.4 is 9.47 Å². The molecule has 23 heavy (non-hydrogen) atoms. The molecule has 122 valence electrons. The highest BCUT2D eigenvalue weighted by Gasteiger charge is 2.11. The summed E-state index contributed by atoms with van der Waals surface area (Å²) in [7, 11) is 1.56. The molecule has 1 rings (SSSR count). The first-order chi connectivity index (χ1) is 11.2. The molecule has 0 amide bonds. The molecule has 0 N–H and O–H groups in total. The maximum Gasteiger partial charge on any atom is 0.349 e. The number of rotatable bonds is 9. The number of carbonyl (C=O) groups excluding carboxylic acids is 1. The number of ether oxygens (including phenoxy) is 3. The van der Waals surface area contributed by atoms with Gasteiger partial charge in [-0.1, -0.05) is 32.1 Å². The van der Waals surface area contributed by atoms with Crippen LogP contribution in [0.15, 0.2) is 36.4 Å². The van der Waals surface area contributed by atoms with Gasteiger partial charge in [-0.2, -0.15) is 5.26 Å². The number of carbonyl (C=O) groups is 1. The maximum absolute atomic E-state index is 11.7. The van der Waals surface area contributed by atoms with Crippen LogP contribution in [0.3, 0.4) is 0 Å². The van der Waals surface area contributed by atoms with E-state index in [0.717, 1.165) is 12.8 Å². The van der Waals surface area contributed by atoms with Crippen LogP contribution in [0.1, 0.15) is 25.3 Å². The van der Waals surface area contributed by atoms with Crippen LogP contribution in [-0.2, 0) is 9.53 Å². The highest BCUT2D eigenvalue weighted by Crippen LogP contribution is 2.29. The Kier molecular flexibility index (Phi) is 8.01. The molecule has 0 atom stereocenters. The van der Waals surface area contributed by atoms with E-state index in [2.05, 4.69) is 13.5 Å². The van der Waals surface area contributed by atoms with Crippen molar-refractivity contribution >= 4 is 12.0 Å². The van der Waals surface area contributed by atoms with E-state index in [0.29, 0.717) is 23.7 Å². The highest BCUT2D eigenvalue weighted by molar-refractivity contribution is 5.98. The van der Waals surface area contributed by atoms with E-state index in [-0.39, 0.29) is 12.2 Å². The summed E-state index contributed by atoms with van der Waals surface area (Å²) in [5, 5.41) is 9.10. The predicted molar refractivity (Wildman–Crippen MR) is 88.1 cm³/mol. The number of unbranched alkanes of at least 4 members (excludes halogenated alkanes) is 1. The molecule has 0 heterocycles. The minimum absolute atomic E-state index is 0.0614. The third-order valence-electron chi connectivity index (χ3n) is 2.93. The fourth-order valence-corrected chi connectivity index (χ4v) is 1.74. The van der Waals surface area contributed by atoms with E-state index < -0.39 is 5.97 Å². The van der Waals surface area contributed by atoms with E-state index in [1.165, 1.54) is 12.2 Å². The van der Waals surface area contributed by atoms with Crippen LogP contribution in [0, 0.1) is 11.3 Å². The zero-order valence-corrected chi connectivity index (χ0v) is 13.5. The number of nitrogens with zero attached hydrogens (tertiary/aromatic N) is 1. The zero-order chi connectivity index (χ0) is 17.1. The molecule has 0 spiro atoms. The standard InChI is InChI=1S/C18H21NO4/c1-4-6-10-22-17-12-14(7-8-16(17)21-3)11-15(13-19)18(20)23-9-5-2/h5,7-8,11-12H,2,4,6,9-10H2,1,3H3. The van der Waals surface area contributed by atoms with Crippen molar-refractivity contribution in [1.29, 1.82) is 5.26 Å². The molecule has 0 saturated heterocycles. The Morgan fingerprint density at radius 3 is 2.78 bits per heavy atom. The van der Waals surface area contributed by atoms with Crippen LogP contribution in [0.5, 0.6) is 11.5 Å². The second-order valence-electron chi connectivity index (χ2n) is 4.67. The molecule has 1 aromatic rings. The Bertz CT molecular complexity index is 614. The molecule has 0 bridgehead atoms. The summed E-state index contributed by atoms with van der Waals surface area (Å²) in [6.45, 7) is 6.17. The van der Waals surface area contributed by atoms with E-state index >= 15 is 0 Å². The van der Waals surface area contributed by atoms with Crippen LogP contribution in [0.25, 0.3) is 6.08 Å². The van der Waals surface area contributed by atoms with Crippen molar-refractivity contribution in [3.8, 4) is 17.6 Å². The highest BCUT2D eigenvalue weighted by atomic mass is 16.5. The number of hydrogen-bond donors (Lipinski definition) is 0. The van der Waals surface area contributed by atoms with Crippen molar-refractivity contribution in [2.75, 3.05) is 20.3 Å². The normalized spacial score (nSPS) is 10.6. The molecule has 5 nitrogen and oxygen atoms in total. The predicted octanol–water partition coefficient (Wildman–Crippen LogP) is 3.51. The molecule has 1 aromatic carbocycles. The summed E-state index contributed by atoms with van der Waals surface area (Å²) in [5.74, 6) is 0.495. The lowest BCUT2D eigenvalue weighted by Gasteiger charge is -2.11. The fourth-order valence-electron chi connectivity index (χ4n) is 1.74. The van der Waals surface area contributed by atoms with Gasteiger partial charge in [0.1, 0.15) is 18.2 Å². The van der Waals surface area contributed by atoms with Crippen LogP contribution in [-0.4, -0.2) is 26.3 Å². The molecule has 0 aromatic heterocycles. The lowest BCUT2D eigenvalue weighted by molar-refractivity contribution is -0.137. The van der Waals surface area contributed by atoms with E-state index in [1.54, 1.807) is 25.3 Å². The molecular weight excluding hydrogens is 294 g/mol. The van der Waals surface area contributed by atoms with Gasteiger partial charge in [0.2, 0.25) is 0 Å². The van der Waals surface area contributed by atoms with Gasteiger partial charge < -0.3 is 14.2 Å². The van der Waals surface area contributed by atoms with Crippen LogP contribution in [0.2, 0.25) is 0 Å². The molecule has 0 fully saturated rings. The zero-order valence-electron chi connectivity index (χ0n) is 13.5. The Morgan fingerprint density at radius 1 is 1.39 bits per heavy atom. The summed E-state index contributed by atoms with van der Waals surface area (Å²) in [4.78, 5) is 11.7. The first-order valence-corrected chi connectivity index (χ1v) is 7.36. The minimum Gasteiger partial charge on any atom is -0.493 e. The van der Waals surface area contributed by atoms with Crippen molar-refractivity contribution in [2.24, 2.45) is 0 Å². The van der Waals surface area contributed by atoms with Crippen molar-refractivity contribution in [3.05, 3.63) is 42.0 Å². The molecule has 5 heteroatoms. The monoisotopic (exact) mass is 315 g/mol. The average Bonchev–Trinajstić information content (AvgIpc) is 2.58. The summed E-state index contributed by atoms with van der Waals surface area (Å²) >= 11 is 0. The van der Waals surface area contributed by atoms with Gasteiger partial charge in [-0.05, 0) is 30.2 Å². The Labute approximate surface area is 136 Å². The Hall–Kier alpha value is -2.74. The molecule has 0 aliphatic heterocycles. The summed E-state index contributed by atoms with van der Waals surface area (Å²) in [5.41, 5.74) is 0.570. The molecular formula is C18H21NO4. The molecule has 0 saturated carbocycles. The van der Waals surface area contributed by atoms with E-state index in [1.807, 2.05) is 6.07 Å². The number of esters is 1. The van der Waals surface area contributed by atoms with Gasteiger partial charge in [0.05, 0.1) is 13.7 Å². The van der Waals surface area contributed by atoms with Crippen molar-refractivity contribution in [3.63, 3.8) is 0 Å². The number of benzene rings is 1. The maximum atomic E-state index is 11.7. The summed E-state index contributed by atoms with van der Waals surface area (Å²) in [6, 6.07) is 7.04. The van der Waals surface area contributed by atoms with Gasteiger partial charge in [0.15, 0.2) is 11.5 Å². The number of methoxy groups -OCH3 is 1. The van der Waals surface area contributed by atoms with E-state index in [9.17, 15) is 4.79 Å². The second kappa shape index (κ2) is 10.1. The van der Waals surface area contributed by atoms with Gasteiger partial charge in [-0.25, -0.2) is 4.79 Å². The third-order valence-corrected chi connectivity index (χ3v) is 2.93. The molecule has 0 unspecified atom stereocenters.